The topological polar surface area (TPSA) is 70.1 Å². The highest BCUT2D eigenvalue weighted by Crippen LogP contribution is 1.98. The van der Waals surface area contributed by atoms with E-state index in [1.54, 1.807) is 33.0 Å². The predicted molar refractivity (Wildman–Crippen MR) is 63.4 cm³/mol. The fourth-order valence-electron chi connectivity index (χ4n) is 1.27. The number of aliphatic hydroxyl groups excluding tert-OH is 1. The van der Waals surface area contributed by atoms with E-state index >= 15 is 0 Å². The van der Waals surface area contributed by atoms with Crippen molar-refractivity contribution in [1.29, 1.82) is 0 Å². The molecule has 1 N–H and O–H groups in total. The Kier molecular flexibility index (Phi) is 7.49. The highest BCUT2D eigenvalue weighted by Gasteiger charge is 2.16. The molecule has 0 aromatic carbocycles. The van der Waals surface area contributed by atoms with E-state index in [1.165, 1.54) is 4.90 Å². The van der Waals surface area contributed by atoms with Crippen LogP contribution in [0.5, 0.6) is 0 Å². The van der Waals surface area contributed by atoms with Crippen LogP contribution in [0.1, 0.15) is 13.3 Å². The summed E-state index contributed by atoms with van der Waals surface area (Å²) in [4.78, 5) is 25.6. The van der Waals surface area contributed by atoms with E-state index in [0.29, 0.717) is 6.61 Å². The Bertz CT molecular complexity index is 256. The monoisotopic (exact) mass is 246 g/mol. The zero-order valence-corrected chi connectivity index (χ0v) is 11.0. The average Bonchev–Trinajstić information content (AvgIpc) is 2.16. The molecule has 1 unspecified atom stereocenters. The third kappa shape index (κ3) is 7.70. The van der Waals surface area contributed by atoms with Crippen LogP contribution in [0.2, 0.25) is 0 Å². The van der Waals surface area contributed by atoms with Crippen LogP contribution in [-0.4, -0.2) is 73.7 Å². The maximum Gasteiger partial charge on any atom is 0.308 e. The molecule has 0 aromatic rings. The summed E-state index contributed by atoms with van der Waals surface area (Å²) in [5, 5.41) is 9.60. The summed E-state index contributed by atoms with van der Waals surface area (Å²) < 4.78 is 4.72. The van der Waals surface area contributed by atoms with Gasteiger partial charge < -0.3 is 14.7 Å². The van der Waals surface area contributed by atoms with Crippen molar-refractivity contribution in [3.8, 4) is 0 Å². The van der Waals surface area contributed by atoms with E-state index in [2.05, 4.69) is 0 Å². The number of ether oxygens (including phenoxy) is 1. The first kappa shape index (κ1) is 15.9. The van der Waals surface area contributed by atoms with Crippen molar-refractivity contribution < 1.29 is 19.4 Å². The first-order valence-electron chi connectivity index (χ1n) is 5.59. The lowest BCUT2D eigenvalue weighted by molar-refractivity contribution is -0.145. The standard InChI is InChI=1S/C11H22N2O4/c1-5-17-11(16)6-9(14)7-13(4)8-10(15)12(2)3/h9,14H,5-8H2,1-4H3. The number of hydrogen-bond acceptors (Lipinski definition) is 5. The molecule has 0 bridgehead atoms. The number of rotatable bonds is 7. The van der Waals surface area contributed by atoms with Crippen molar-refractivity contribution >= 4 is 11.9 Å². The predicted octanol–water partition coefficient (Wildman–Crippen LogP) is -0.679. The van der Waals surface area contributed by atoms with Crippen LogP contribution in [-0.2, 0) is 14.3 Å². The van der Waals surface area contributed by atoms with Gasteiger partial charge >= 0.3 is 5.97 Å². The Balaban J connectivity index is 3.91. The van der Waals surface area contributed by atoms with Gasteiger partial charge in [0.2, 0.25) is 5.91 Å². The molecule has 1 amide bonds. The van der Waals surface area contributed by atoms with Crippen LogP contribution < -0.4 is 0 Å². The SMILES string of the molecule is CCOC(=O)CC(O)CN(C)CC(=O)N(C)C. The Labute approximate surface area is 102 Å². The molecule has 0 radical (unpaired) electrons. The van der Waals surface area contributed by atoms with Gasteiger partial charge in [-0.3, -0.25) is 14.5 Å². The summed E-state index contributed by atoms with van der Waals surface area (Å²) >= 11 is 0. The van der Waals surface area contributed by atoms with E-state index in [4.69, 9.17) is 4.74 Å². The van der Waals surface area contributed by atoms with Gasteiger partial charge in [0.1, 0.15) is 0 Å². The number of hydrogen-bond donors (Lipinski definition) is 1. The number of amides is 1. The number of carbonyl (C=O) groups excluding carboxylic acids is 2. The Morgan fingerprint density at radius 3 is 2.35 bits per heavy atom. The van der Waals surface area contributed by atoms with Crippen molar-refractivity contribution in [2.24, 2.45) is 0 Å². The van der Waals surface area contributed by atoms with Crippen molar-refractivity contribution in [2.45, 2.75) is 19.4 Å². The van der Waals surface area contributed by atoms with Crippen LogP contribution in [0, 0.1) is 0 Å². The van der Waals surface area contributed by atoms with Gasteiger partial charge in [-0.2, -0.15) is 0 Å². The first-order chi connectivity index (χ1) is 7.86. The first-order valence-corrected chi connectivity index (χ1v) is 5.59. The molecule has 0 rings (SSSR count). The lowest BCUT2D eigenvalue weighted by Crippen LogP contribution is -2.38. The summed E-state index contributed by atoms with van der Waals surface area (Å²) in [6, 6.07) is 0. The third-order valence-electron chi connectivity index (χ3n) is 2.13. The molecule has 6 nitrogen and oxygen atoms in total. The second-order valence-electron chi connectivity index (χ2n) is 4.15. The highest BCUT2D eigenvalue weighted by molar-refractivity contribution is 5.77. The third-order valence-corrected chi connectivity index (χ3v) is 2.13. The number of esters is 1. The van der Waals surface area contributed by atoms with E-state index in [0.717, 1.165) is 0 Å². The molecule has 0 aromatic heterocycles. The quantitative estimate of drug-likeness (QED) is 0.603. The Hall–Kier alpha value is -1.14. The molecule has 17 heavy (non-hydrogen) atoms. The average molecular weight is 246 g/mol. The zero-order valence-electron chi connectivity index (χ0n) is 11.0. The minimum Gasteiger partial charge on any atom is -0.466 e. The maximum absolute atomic E-state index is 11.4. The van der Waals surface area contributed by atoms with E-state index in [1.807, 2.05) is 0 Å². The Morgan fingerprint density at radius 2 is 1.88 bits per heavy atom. The second kappa shape index (κ2) is 8.03. The highest BCUT2D eigenvalue weighted by atomic mass is 16.5. The molecular weight excluding hydrogens is 224 g/mol. The number of nitrogens with zero attached hydrogens (tertiary/aromatic N) is 2. The molecule has 0 aliphatic carbocycles. The molecule has 0 fully saturated rings. The van der Waals surface area contributed by atoms with Crippen LogP contribution >= 0.6 is 0 Å². The lowest BCUT2D eigenvalue weighted by atomic mass is 10.2. The minimum absolute atomic E-state index is 0.0455. The van der Waals surface area contributed by atoms with Gasteiger partial charge in [0.15, 0.2) is 0 Å². The zero-order chi connectivity index (χ0) is 13.4. The van der Waals surface area contributed by atoms with Gasteiger partial charge in [-0.15, -0.1) is 0 Å². The fourth-order valence-corrected chi connectivity index (χ4v) is 1.27. The minimum atomic E-state index is -0.811. The van der Waals surface area contributed by atoms with Crippen LogP contribution in [0.3, 0.4) is 0 Å². The fraction of sp³-hybridized carbons (Fsp3) is 0.818. The molecule has 0 aliphatic heterocycles. The number of likely N-dealkylation sites (N-methyl/N-ethyl adjacent to an activating group) is 2. The molecular formula is C11H22N2O4. The van der Waals surface area contributed by atoms with E-state index in [-0.39, 0.29) is 25.4 Å². The van der Waals surface area contributed by atoms with Gasteiger partial charge in [-0.1, -0.05) is 0 Å². The molecule has 1 atom stereocenters. The van der Waals surface area contributed by atoms with Gasteiger partial charge in [0.05, 0.1) is 25.7 Å². The summed E-state index contributed by atoms with van der Waals surface area (Å²) in [6.07, 6.45) is -0.858. The van der Waals surface area contributed by atoms with Crippen molar-refractivity contribution in [2.75, 3.05) is 40.8 Å². The summed E-state index contributed by atoms with van der Waals surface area (Å²) in [7, 11) is 5.06. The molecule has 0 saturated carbocycles. The van der Waals surface area contributed by atoms with Crippen LogP contribution in [0.4, 0.5) is 0 Å². The summed E-state index contributed by atoms with van der Waals surface area (Å²) in [5.41, 5.74) is 0. The lowest BCUT2D eigenvalue weighted by Gasteiger charge is -2.21. The largest absolute Gasteiger partial charge is 0.466 e. The van der Waals surface area contributed by atoms with E-state index < -0.39 is 12.1 Å². The summed E-state index contributed by atoms with van der Waals surface area (Å²) in [5.74, 6) is -0.469. The van der Waals surface area contributed by atoms with Crippen molar-refractivity contribution in [1.82, 2.24) is 9.80 Å². The van der Waals surface area contributed by atoms with Gasteiger partial charge in [-0.05, 0) is 14.0 Å². The van der Waals surface area contributed by atoms with Crippen molar-refractivity contribution in [3.63, 3.8) is 0 Å². The molecule has 0 heterocycles. The molecule has 100 valence electrons. The van der Waals surface area contributed by atoms with Crippen LogP contribution in [0.15, 0.2) is 0 Å². The molecule has 0 saturated heterocycles. The van der Waals surface area contributed by atoms with Crippen molar-refractivity contribution in [3.05, 3.63) is 0 Å². The number of carbonyl (C=O) groups is 2. The summed E-state index contributed by atoms with van der Waals surface area (Å²) in [6.45, 7) is 2.50. The maximum atomic E-state index is 11.4. The number of aliphatic hydroxyl groups is 1. The van der Waals surface area contributed by atoms with E-state index in [9.17, 15) is 14.7 Å². The van der Waals surface area contributed by atoms with Crippen LogP contribution in [0.25, 0.3) is 0 Å². The van der Waals surface area contributed by atoms with Gasteiger partial charge in [-0.25, -0.2) is 0 Å². The Morgan fingerprint density at radius 1 is 1.29 bits per heavy atom. The normalized spacial score (nSPS) is 12.4. The second-order valence-corrected chi connectivity index (χ2v) is 4.15. The van der Waals surface area contributed by atoms with Gasteiger partial charge in [0.25, 0.3) is 0 Å². The molecule has 0 spiro atoms. The van der Waals surface area contributed by atoms with Gasteiger partial charge in [0, 0.05) is 20.6 Å². The smallest absolute Gasteiger partial charge is 0.308 e. The molecule has 0 aliphatic rings. The molecule has 6 heteroatoms.